The van der Waals surface area contributed by atoms with Gasteiger partial charge >= 0.3 is 5.97 Å². The van der Waals surface area contributed by atoms with Crippen LogP contribution in [0.2, 0.25) is 0 Å². The van der Waals surface area contributed by atoms with E-state index in [0.717, 1.165) is 24.0 Å². The Labute approximate surface area is 183 Å². The van der Waals surface area contributed by atoms with E-state index in [2.05, 4.69) is 49.4 Å². The van der Waals surface area contributed by atoms with E-state index >= 15 is 0 Å². The number of unbranched alkanes of at least 4 members (excludes halogenated alkanes) is 7. The molecule has 0 saturated carbocycles. The van der Waals surface area contributed by atoms with Gasteiger partial charge in [-0.15, -0.1) is 0 Å². The Bertz CT molecular complexity index is 744. The lowest BCUT2D eigenvalue weighted by atomic mass is 10.0. The van der Waals surface area contributed by atoms with Crippen molar-refractivity contribution < 1.29 is 9.53 Å². The fourth-order valence-corrected chi connectivity index (χ4v) is 3.68. The summed E-state index contributed by atoms with van der Waals surface area (Å²) in [5, 5.41) is 0. The van der Waals surface area contributed by atoms with Crippen LogP contribution in [0.5, 0.6) is 0 Å². The fourth-order valence-electron chi connectivity index (χ4n) is 3.68. The van der Waals surface area contributed by atoms with Crippen molar-refractivity contribution in [1.29, 1.82) is 0 Å². The highest BCUT2D eigenvalue weighted by Gasteiger charge is 2.04. The van der Waals surface area contributed by atoms with E-state index in [1.807, 2.05) is 18.2 Å². The molecule has 2 aromatic rings. The van der Waals surface area contributed by atoms with Crippen molar-refractivity contribution in [3.63, 3.8) is 0 Å². The quantitative estimate of drug-likeness (QED) is 0.239. The number of hydrogen-bond acceptors (Lipinski definition) is 2. The van der Waals surface area contributed by atoms with Crippen molar-refractivity contribution in [3.05, 3.63) is 76.9 Å². The molecule has 0 atom stereocenters. The minimum atomic E-state index is -0.241. The third kappa shape index (κ3) is 10.4. The number of carbonyl (C=O) groups is 1. The highest BCUT2D eigenvalue weighted by Crippen LogP contribution is 2.16. The summed E-state index contributed by atoms with van der Waals surface area (Å²) in [6, 6.07) is 19.1. The van der Waals surface area contributed by atoms with Crippen LogP contribution in [0, 0.1) is 0 Å². The molecule has 2 aromatic carbocycles. The van der Waals surface area contributed by atoms with E-state index in [1.165, 1.54) is 69.4 Å². The predicted octanol–water partition coefficient (Wildman–Crippen LogP) is 7.56. The SMILES string of the molecule is CCCCCCCCCCc1ccc(/C=C(\COC(C)=O)Cc2ccccc2)cc1. The van der Waals surface area contributed by atoms with E-state index in [4.69, 9.17) is 4.74 Å². The summed E-state index contributed by atoms with van der Waals surface area (Å²) >= 11 is 0. The molecule has 0 aromatic heterocycles. The van der Waals surface area contributed by atoms with Gasteiger partial charge in [0.25, 0.3) is 0 Å². The van der Waals surface area contributed by atoms with Crippen molar-refractivity contribution in [2.45, 2.75) is 78.1 Å². The topological polar surface area (TPSA) is 26.3 Å². The van der Waals surface area contributed by atoms with Crippen LogP contribution in [-0.4, -0.2) is 12.6 Å². The van der Waals surface area contributed by atoms with Crippen molar-refractivity contribution in [3.8, 4) is 0 Å². The van der Waals surface area contributed by atoms with Gasteiger partial charge in [0.1, 0.15) is 6.61 Å². The summed E-state index contributed by atoms with van der Waals surface area (Å²) in [7, 11) is 0. The number of rotatable bonds is 14. The van der Waals surface area contributed by atoms with Crippen LogP contribution < -0.4 is 0 Å². The minimum Gasteiger partial charge on any atom is -0.461 e. The first-order valence-corrected chi connectivity index (χ1v) is 11.6. The van der Waals surface area contributed by atoms with Crippen molar-refractivity contribution in [1.82, 2.24) is 0 Å². The largest absolute Gasteiger partial charge is 0.461 e. The molecule has 0 aliphatic heterocycles. The highest BCUT2D eigenvalue weighted by molar-refractivity contribution is 5.66. The Balaban J connectivity index is 1.83. The Morgan fingerprint density at radius 2 is 1.43 bits per heavy atom. The molecular formula is C28H38O2. The van der Waals surface area contributed by atoms with Crippen molar-refractivity contribution in [2.24, 2.45) is 0 Å². The zero-order valence-electron chi connectivity index (χ0n) is 18.9. The second kappa shape index (κ2) is 14.6. The molecule has 30 heavy (non-hydrogen) atoms. The second-order valence-electron chi connectivity index (χ2n) is 8.21. The molecule has 0 heterocycles. The fraction of sp³-hybridized carbons (Fsp3) is 0.464. The standard InChI is InChI=1S/C28H38O2/c1-3-4-5-6-7-8-9-11-14-25-17-19-27(20-18-25)22-28(23-30-24(2)29)21-26-15-12-10-13-16-26/h10,12-13,15-20,22H,3-9,11,14,21,23H2,1-2H3/b28-22-. The Morgan fingerprint density at radius 1 is 0.800 bits per heavy atom. The van der Waals surface area contributed by atoms with Gasteiger partial charge in [-0.3, -0.25) is 4.79 Å². The molecule has 2 rings (SSSR count). The third-order valence-corrected chi connectivity index (χ3v) is 5.40. The monoisotopic (exact) mass is 406 g/mol. The summed E-state index contributed by atoms with van der Waals surface area (Å²) in [6.07, 6.45) is 14.9. The van der Waals surface area contributed by atoms with Crippen molar-refractivity contribution >= 4 is 12.0 Å². The number of aryl methyl sites for hydroxylation is 1. The van der Waals surface area contributed by atoms with Crippen LogP contribution in [0.3, 0.4) is 0 Å². The molecule has 2 nitrogen and oxygen atoms in total. The minimum absolute atomic E-state index is 0.241. The first kappa shape index (κ1) is 23.9. The Hall–Kier alpha value is -2.35. The van der Waals surface area contributed by atoms with Crippen LogP contribution in [-0.2, 0) is 22.4 Å². The van der Waals surface area contributed by atoms with Gasteiger partial charge in [0, 0.05) is 6.92 Å². The molecule has 0 amide bonds. The maximum atomic E-state index is 11.3. The Morgan fingerprint density at radius 3 is 2.07 bits per heavy atom. The smallest absolute Gasteiger partial charge is 0.302 e. The number of hydrogen-bond donors (Lipinski definition) is 0. The number of carbonyl (C=O) groups excluding carboxylic acids is 1. The summed E-state index contributed by atoms with van der Waals surface area (Å²) in [5.74, 6) is -0.241. The first-order chi connectivity index (χ1) is 14.7. The maximum absolute atomic E-state index is 11.3. The normalized spacial score (nSPS) is 11.5. The molecule has 0 spiro atoms. The second-order valence-corrected chi connectivity index (χ2v) is 8.21. The van der Waals surface area contributed by atoms with Crippen LogP contribution in [0.4, 0.5) is 0 Å². The van der Waals surface area contributed by atoms with Gasteiger partial charge < -0.3 is 4.74 Å². The number of esters is 1. The van der Waals surface area contributed by atoms with Gasteiger partial charge in [-0.05, 0) is 41.5 Å². The average Bonchev–Trinajstić information content (AvgIpc) is 2.76. The molecule has 0 aliphatic carbocycles. The summed E-state index contributed by atoms with van der Waals surface area (Å²) in [4.78, 5) is 11.3. The first-order valence-electron chi connectivity index (χ1n) is 11.6. The van der Waals surface area contributed by atoms with E-state index in [1.54, 1.807) is 0 Å². The number of ether oxygens (including phenoxy) is 1. The molecule has 0 unspecified atom stereocenters. The molecular weight excluding hydrogens is 368 g/mol. The van der Waals surface area contributed by atoms with Gasteiger partial charge in [-0.25, -0.2) is 0 Å². The maximum Gasteiger partial charge on any atom is 0.302 e. The van der Waals surface area contributed by atoms with Crippen molar-refractivity contribution in [2.75, 3.05) is 6.61 Å². The number of benzene rings is 2. The molecule has 0 N–H and O–H groups in total. The van der Waals surface area contributed by atoms with Crippen LogP contribution in [0.15, 0.2) is 60.2 Å². The van der Waals surface area contributed by atoms with Gasteiger partial charge in [-0.1, -0.05) is 113 Å². The molecule has 0 aliphatic rings. The zero-order valence-corrected chi connectivity index (χ0v) is 18.9. The zero-order chi connectivity index (χ0) is 21.4. The van der Waals surface area contributed by atoms with E-state index in [-0.39, 0.29) is 5.97 Å². The summed E-state index contributed by atoms with van der Waals surface area (Å²) in [5.41, 5.74) is 4.89. The van der Waals surface area contributed by atoms with E-state index in [0.29, 0.717) is 6.61 Å². The summed E-state index contributed by atoms with van der Waals surface area (Å²) < 4.78 is 5.27. The lowest BCUT2D eigenvalue weighted by Crippen LogP contribution is -2.05. The van der Waals surface area contributed by atoms with Gasteiger partial charge in [-0.2, -0.15) is 0 Å². The lowest BCUT2D eigenvalue weighted by molar-refractivity contribution is -0.139. The lowest BCUT2D eigenvalue weighted by Gasteiger charge is -2.09. The van der Waals surface area contributed by atoms with Crippen LogP contribution in [0.25, 0.3) is 6.08 Å². The third-order valence-electron chi connectivity index (χ3n) is 5.40. The molecule has 2 heteroatoms. The molecule has 0 fully saturated rings. The highest BCUT2D eigenvalue weighted by atomic mass is 16.5. The molecule has 0 saturated heterocycles. The van der Waals surface area contributed by atoms with Gasteiger partial charge in [0.2, 0.25) is 0 Å². The Kier molecular flexibility index (Phi) is 11.6. The molecule has 0 radical (unpaired) electrons. The van der Waals surface area contributed by atoms with Crippen LogP contribution >= 0.6 is 0 Å². The average molecular weight is 407 g/mol. The molecule has 162 valence electrons. The van der Waals surface area contributed by atoms with E-state index in [9.17, 15) is 4.79 Å². The van der Waals surface area contributed by atoms with E-state index < -0.39 is 0 Å². The van der Waals surface area contributed by atoms with Crippen LogP contribution in [0.1, 0.15) is 81.9 Å². The summed E-state index contributed by atoms with van der Waals surface area (Å²) in [6.45, 7) is 4.06. The van der Waals surface area contributed by atoms with Gasteiger partial charge in [0.05, 0.1) is 0 Å². The molecule has 0 bridgehead atoms. The van der Waals surface area contributed by atoms with Gasteiger partial charge in [0.15, 0.2) is 0 Å². The predicted molar refractivity (Wildman–Crippen MR) is 128 cm³/mol.